The second-order valence-electron chi connectivity index (χ2n) is 9.10. The molecule has 3 rings (SSSR count). The third kappa shape index (κ3) is 5.69. The van der Waals surface area contributed by atoms with Gasteiger partial charge in [0.1, 0.15) is 5.82 Å². The van der Waals surface area contributed by atoms with Crippen molar-refractivity contribution in [3.8, 4) is 0 Å². The third-order valence-corrected chi connectivity index (χ3v) is 6.31. The first-order chi connectivity index (χ1) is 13.4. The van der Waals surface area contributed by atoms with Gasteiger partial charge in [-0.25, -0.2) is 4.39 Å². The number of rotatable bonds is 6. The summed E-state index contributed by atoms with van der Waals surface area (Å²) in [6.07, 6.45) is 6.11. The molecule has 28 heavy (non-hydrogen) atoms. The van der Waals surface area contributed by atoms with Gasteiger partial charge in [-0.1, -0.05) is 19.9 Å². The summed E-state index contributed by atoms with van der Waals surface area (Å²) in [5.74, 6) is 1.28. The Labute approximate surface area is 168 Å². The molecule has 0 radical (unpaired) electrons. The van der Waals surface area contributed by atoms with Crippen LogP contribution < -0.4 is 5.73 Å². The van der Waals surface area contributed by atoms with Crippen LogP contribution >= 0.6 is 0 Å². The molecule has 1 saturated heterocycles. The SMILES string of the molecule is CC(C)COC(=O)C1CCC(CN2CCC(c3ccc(N)cc3F)CC2)CC1. The monoisotopic (exact) mass is 390 g/mol. The van der Waals surface area contributed by atoms with Gasteiger partial charge in [0.05, 0.1) is 12.5 Å². The number of benzene rings is 1. The number of likely N-dealkylation sites (tertiary alicyclic amines) is 1. The molecule has 5 heteroatoms. The molecule has 2 fully saturated rings. The Morgan fingerprint density at radius 1 is 1.18 bits per heavy atom. The molecule has 2 aliphatic rings. The van der Waals surface area contributed by atoms with Crippen LogP contribution in [0.1, 0.15) is 63.9 Å². The largest absolute Gasteiger partial charge is 0.465 e. The third-order valence-electron chi connectivity index (χ3n) is 6.31. The van der Waals surface area contributed by atoms with Crippen LogP contribution in [0, 0.1) is 23.6 Å². The topological polar surface area (TPSA) is 55.6 Å². The Morgan fingerprint density at radius 3 is 2.46 bits per heavy atom. The number of anilines is 1. The summed E-state index contributed by atoms with van der Waals surface area (Å²) >= 11 is 0. The van der Waals surface area contributed by atoms with Gasteiger partial charge in [-0.3, -0.25) is 4.79 Å². The number of hydrogen-bond acceptors (Lipinski definition) is 4. The highest BCUT2D eigenvalue weighted by molar-refractivity contribution is 5.72. The van der Waals surface area contributed by atoms with Gasteiger partial charge >= 0.3 is 5.97 Å². The molecule has 1 aliphatic carbocycles. The summed E-state index contributed by atoms with van der Waals surface area (Å²) in [6, 6.07) is 5.09. The summed E-state index contributed by atoms with van der Waals surface area (Å²) in [5, 5.41) is 0. The number of nitrogens with zero attached hydrogens (tertiary/aromatic N) is 1. The lowest BCUT2D eigenvalue weighted by Gasteiger charge is -2.36. The quantitative estimate of drug-likeness (QED) is 0.570. The highest BCUT2D eigenvalue weighted by Gasteiger charge is 2.30. The Hall–Kier alpha value is -1.62. The van der Waals surface area contributed by atoms with Crippen molar-refractivity contribution in [2.24, 2.45) is 17.8 Å². The predicted octanol–water partition coefficient (Wildman–Crippen LogP) is 4.59. The molecule has 1 heterocycles. The van der Waals surface area contributed by atoms with E-state index in [0.717, 1.165) is 63.7 Å². The molecule has 0 amide bonds. The van der Waals surface area contributed by atoms with Crippen LogP contribution in [0.15, 0.2) is 18.2 Å². The summed E-state index contributed by atoms with van der Waals surface area (Å²) in [5.41, 5.74) is 6.97. The molecule has 1 aromatic rings. The van der Waals surface area contributed by atoms with E-state index < -0.39 is 0 Å². The van der Waals surface area contributed by atoms with E-state index in [-0.39, 0.29) is 17.7 Å². The van der Waals surface area contributed by atoms with Crippen molar-refractivity contribution in [2.75, 3.05) is 32.0 Å². The van der Waals surface area contributed by atoms with E-state index >= 15 is 0 Å². The Kier molecular flexibility index (Phi) is 7.33. The molecule has 0 atom stereocenters. The zero-order chi connectivity index (χ0) is 20.1. The van der Waals surface area contributed by atoms with Crippen LogP contribution in [0.2, 0.25) is 0 Å². The summed E-state index contributed by atoms with van der Waals surface area (Å²) in [6.45, 7) is 7.80. The molecule has 156 valence electrons. The summed E-state index contributed by atoms with van der Waals surface area (Å²) < 4.78 is 19.6. The Bertz CT molecular complexity index is 648. The number of ether oxygens (including phenoxy) is 1. The molecule has 4 nitrogen and oxygen atoms in total. The first kappa shape index (κ1) is 21.1. The number of carbonyl (C=O) groups excluding carboxylic acids is 1. The van der Waals surface area contributed by atoms with Crippen LogP contribution in [0.5, 0.6) is 0 Å². The van der Waals surface area contributed by atoms with Gasteiger partial charge in [0.25, 0.3) is 0 Å². The maximum atomic E-state index is 14.2. The molecule has 0 bridgehead atoms. The Morgan fingerprint density at radius 2 is 1.86 bits per heavy atom. The van der Waals surface area contributed by atoms with E-state index in [1.54, 1.807) is 6.07 Å². The second kappa shape index (κ2) is 9.73. The number of halogens is 1. The predicted molar refractivity (Wildman–Crippen MR) is 110 cm³/mol. The van der Waals surface area contributed by atoms with Crippen LogP contribution in [0.3, 0.4) is 0 Å². The van der Waals surface area contributed by atoms with Gasteiger partial charge < -0.3 is 15.4 Å². The fourth-order valence-corrected chi connectivity index (χ4v) is 4.61. The van der Waals surface area contributed by atoms with E-state index in [9.17, 15) is 9.18 Å². The lowest BCUT2D eigenvalue weighted by molar-refractivity contribution is -0.151. The number of nitrogens with two attached hydrogens (primary N) is 1. The van der Waals surface area contributed by atoms with Gasteiger partial charge in [0.2, 0.25) is 0 Å². The highest BCUT2D eigenvalue weighted by atomic mass is 19.1. The standard InChI is InChI=1S/C23H35FN2O2/c1-16(2)15-28-23(27)19-5-3-17(4-6-19)14-26-11-9-18(10-12-26)21-8-7-20(25)13-22(21)24/h7-8,13,16-19H,3-6,9-12,14-15,25H2,1-2H3. The van der Waals surface area contributed by atoms with Crippen molar-refractivity contribution in [3.05, 3.63) is 29.6 Å². The zero-order valence-electron chi connectivity index (χ0n) is 17.3. The maximum Gasteiger partial charge on any atom is 0.308 e. The smallest absolute Gasteiger partial charge is 0.308 e. The van der Waals surface area contributed by atoms with E-state index in [4.69, 9.17) is 10.5 Å². The van der Waals surface area contributed by atoms with Crippen molar-refractivity contribution in [2.45, 2.75) is 58.3 Å². The van der Waals surface area contributed by atoms with Gasteiger partial charge in [0, 0.05) is 12.2 Å². The van der Waals surface area contributed by atoms with Crippen molar-refractivity contribution in [1.82, 2.24) is 4.90 Å². The number of esters is 1. The van der Waals surface area contributed by atoms with E-state index in [2.05, 4.69) is 18.7 Å². The summed E-state index contributed by atoms with van der Waals surface area (Å²) in [7, 11) is 0. The molecular weight excluding hydrogens is 355 g/mol. The molecule has 0 unspecified atom stereocenters. The molecule has 1 aliphatic heterocycles. The van der Waals surface area contributed by atoms with Gasteiger partial charge in [-0.15, -0.1) is 0 Å². The Balaban J connectivity index is 1.39. The number of nitrogen functional groups attached to an aromatic ring is 1. The fourth-order valence-electron chi connectivity index (χ4n) is 4.61. The van der Waals surface area contributed by atoms with Crippen LogP contribution in [-0.4, -0.2) is 37.1 Å². The lowest BCUT2D eigenvalue weighted by Crippen LogP contribution is -2.38. The van der Waals surface area contributed by atoms with Crippen molar-refractivity contribution in [3.63, 3.8) is 0 Å². The van der Waals surface area contributed by atoms with Gasteiger partial charge in [-0.2, -0.15) is 0 Å². The average Bonchev–Trinajstić information content (AvgIpc) is 2.67. The van der Waals surface area contributed by atoms with E-state index in [1.165, 1.54) is 6.07 Å². The van der Waals surface area contributed by atoms with Crippen LogP contribution in [-0.2, 0) is 9.53 Å². The lowest BCUT2D eigenvalue weighted by atomic mass is 9.81. The highest BCUT2D eigenvalue weighted by Crippen LogP contribution is 2.34. The van der Waals surface area contributed by atoms with Crippen molar-refractivity contribution in [1.29, 1.82) is 0 Å². The maximum absolute atomic E-state index is 14.2. The van der Waals surface area contributed by atoms with Gasteiger partial charge in [0.15, 0.2) is 0 Å². The first-order valence-electron chi connectivity index (χ1n) is 10.9. The minimum atomic E-state index is -0.166. The average molecular weight is 391 g/mol. The minimum absolute atomic E-state index is 0.00140. The van der Waals surface area contributed by atoms with E-state index in [1.807, 2.05) is 6.07 Å². The number of carbonyl (C=O) groups is 1. The van der Waals surface area contributed by atoms with Gasteiger partial charge in [-0.05, 0) is 87.1 Å². The molecule has 0 spiro atoms. The summed E-state index contributed by atoms with van der Waals surface area (Å²) in [4.78, 5) is 14.7. The normalized spacial score (nSPS) is 24.4. The number of hydrogen-bond donors (Lipinski definition) is 1. The molecule has 2 N–H and O–H groups in total. The van der Waals surface area contributed by atoms with Crippen LogP contribution in [0.25, 0.3) is 0 Å². The molecule has 0 aromatic heterocycles. The van der Waals surface area contributed by atoms with Crippen molar-refractivity contribution >= 4 is 11.7 Å². The molecular formula is C23H35FN2O2. The van der Waals surface area contributed by atoms with Crippen LogP contribution in [0.4, 0.5) is 10.1 Å². The number of piperidine rings is 1. The molecule has 1 aromatic carbocycles. The first-order valence-corrected chi connectivity index (χ1v) is 10.9. The zero-order valence-corrected chi connectivity index (χ0v) is 17.3. The fraction of sp³-hybridized carbons (Fsp3) is 0.696. The minimum Gasteiger partial charge on any atom is -0.465 e. The molecule has 1 saturated carbocycles. The second-order valence-corrected chi connectivity index (χ2v) is 9.10. The van der Waals surface area contributed by atoms with Crippen molar-refractivity contribution < 1.29 is 13.9 Å². The van der Waals surface area contributed by atoms with E-state index in [0.29, 0.717) is 30.0 Å².